The molecule has 0 aliphatic rings. The van der Waals surface area contributed by atoms with Gasteiger partial charge in [-0.2, -0.15) is 0 Å². The maximum absolute atomic E-state index is 13.8. The summed E-state index contributed by atoms with van der Waals surface area (Å²) in [5.41, 5.74) is -0.350. The Balaban J connectivity index is 2.61. The molecule has 1 aromatic carbocycles. The fraction of sp³-hybridized carbons (Fsp3) is 0.0833. The standard InChI is InChI=1S/C12H8F2O3/c1-16-10-5-3-8(13)11(12(10)14)9-4-2-7(6-15)17-9/h2-6H,1H3. The van der Waals surface area contributed by atoms with Gasteiger partial charge < -0.3 is 9.15 Å². The van der Waals surface area contributed by atoms with Crippen LogP contribution in [-0.2, 0) is 0 Å². The Morgan fingerprint density at radius 1 is 1.24 bits per heavy atom. The van der Waals surface area contributed by atoms with Crippen LogP contribution in [-0.4, -0.2) is 13.4 Å². The van der Waals surface area contributed by atoms with E-state index in [0.717, 1.165) is 6.07 Å². The number of furan rings is 1. The van der Waals surface area contributed by atoms with Crippen molar-refractivity contribution in [2.45, 2.75) is 0 Å². The van der Waals surface area contributed by atoms with Gasteiger partial charge >= 0.3 is 0 Å². The SMILES string of the molecule is COc1ccc(F)c(-c2ccc(C=O)o2)c1F. The Morgan fingerprint density at radius 2 is 2.00 bits per heavy atom. The van der Waals surface area contributed by atoms with Gasteiger partial charge in [0.1, 0.15) is 11.6 Å². The molecule has 1 aromatic heterocycles. The summed E-state index contributed by atoms with van der Waals surface area (Å²) in [6.45, 7) is 0. The minimum Gasteiger partial charge on any atom is -0.494 e. The maximum Gasteiger partial charge on any atom is 0.185 e. The second-order valence-electron chi connectivity index (χ2n) is 3.26. The fourth-order valence-electron chi connectivity index (χ4n) is 1.47. The van der Waals surface area contributed by atoms with Gasteiger partial charge in [-0.1, -0.05) is 0 Å². The number of benzene rings is 1. The van der Waals surface area contributed by atoms with Crippen LogP contribution in [0.25, 0.3) is 11.3 Å². The van der Waals surface area contributed by atoms with Crippen LogP contribution in [0.4, 0.5) is 8.78 Å². The van der Waals surface area contributed by atoms with Crippen molar-refractivity contribution in [3.05, 3.63) is 41.7 Å². The van der Waals surface area contributed by atoms with Gasteiger partial charge in [0.25, 0.3) is 0 Å². The van der Waals surface area contributed by atoms with Gasteiger partial charge in [-0.3, -0.25) is 4.79 Å². The van der Waals surface area contributed by atoms with Crippen LogP contribution in [0.15, 0.2) is 28.7 Å². The summed E-state index contributed by atoms with van der Waals surface area (Å²) in [7, 11) is 1.28. The predicted octanol–water partition coefficient (Wildman–Crippen LogP) is 3.05. The summed E-state index contributed by atoms with van der Waals surface area (Å²) in [4.78, 5) is 10.4. The molecule has 0 aliphatic carbocycles. The highest BCUT2D eigenvalue weighted by Crippen LogP contribution is 2.32. The first-order valence-electron chi connectivity index (χ1n) is 4.74. The minimum absolute atomic E-state index is 0.00150. The highest BCUT2D eigenvalue weighted by molar-refractivity contribution is 5.73. The molecule has 0 N–H and O–H groups in total. The zero-order chi connectivity index (χ0) is 12.4. The highest BCUT2D eigenvalue weighted by Gasteiger charge is 2.18. The first-order chi connectivity index (χ1) is 8.17. The summed E-state index contributed by atoms with van der Waals surface area (Å²) in [6, 6.07) is 4.91. The van der Waals surface area contributed by atoms with Crippen LogP contribution in [0.3, 0.4) is 0 Å². The Labute approximate surface area is 95.6 Å². The number of rotatable bonds is 3. The number of hydrogen-bond donors (Lipinski definition) is 0. The van der Waals surface area contributed by atoms with Gasteiger partial charge in [-0.05, 0) is 24.3 Å². The third-order valence-electron chi connectivity index (χ3n) is 2.26. The number of ether oxygens (including phenoxy) is 1. The van der Waals surface area contributed by atoms with E-state index in [-0.39, 0.29) is 22.8 Å². The Morgan fingerprint density at radius 3 is 2.59 bits per heavy atom. The second kappa shape index (κ2) is 4.37. The van der Waals surface area contributed by atoms with Crippen molar-refractivity contribution in [2.24, 2.45) is 0 Å². The Kier molecular flexibility index (Phi) is 2.91. The van der Waals surface area contributed by atoms with E-state index < -0.39 is 11.6 Å². The van der Waals surface area contributed by atoms with Gasteiger partial charge in [0.2, 0.25) is 0 Å². The van der Waals surface area contributed by atoms with Crippen molar-refractivity contribution in [2.75, 3.05) is 7.11 Å². The van der Waals surface area contributed by atoms with E-state index >= 15 is 0 Å². The number of halogens is 2. The van der Waals surface area contributed by atoms with E-state index in [1.165, 1.54) is 25.3 Å². The first-order valence-corrected chi connectivity index (χ1v) is 4.74. The fourth-order valence-corrected chi connectivity index (χ4v) is 1.47. The van der Waals surface area contributed by atoms with Gasteiger partial charge in [0, 0.05) is 0 Å². The molecule has 0 amide bonds. The summed E-state index contributed by atoms with van der Waals surface area (Å²) < 4.78 is 37.1. The molecule has 3 nitrogen and oxygen atoms in total. The molecule has 0 radical (unpaired) electrons. The Hall–Kier alpha value is -2.17. The summed E-state index contributed by atoms with van der Waals surface area (Å²) in [6.07, 6.45) is 0.458. The van der Waals surface area contributed by atoms with Gasteiger partial charge in [-0.25, -0.2) is 8.78 Å². The molecule has 0 bridgehead atoms. The van der Waals surface area contributed by atoms with Crippen LogP contribution in [0, 0.1) is 11.6 Å². The molecule has 0 saturated heterocycles. The molecule has 5 heteroatoms. The van der Waals surface area contributed by atoms with Crippen molar-refractivity contribution in [3.63, 3.8) is 0 Å². The lowest BCUT2D eigenvalue weighted by Crippen LogP contribution is -1.94. The molecule has 0 atom stereocenters. The normalized spacial score (nSPS) is 10.3. The maximum atomic E-state index is 13.8. The zero-order valence-corrected chi connectivity index (χ0v) is 8.87. The second-order valence-corrected chi connectivity index (χ2v) is 3.26. The van der Waals surface area contributed by atoms with Crippen LogP contribution < -0.4 is 4.74 Å². The number of carbonyl (C=O) groups is 1. The molecule has 88 valence electrons. The van der Waals surface area contributed by atoms with E-state index in [1.807, 2.05) is 0 Å². The third kappa shape index (κ3) is 1.91. The molecule has 0 saturated carbocycles. The highest BCUT2D eigenvalue weighted by atomic mass is 19.1. The van der Waals surface area contributed by atoms with Crippen LogP contribution >= 0.6 is 0 Å². The van der Waals surface area contributed by atoms with E-state index in [2.05, 4.69) is 0 Å². The molecule has 17 heavy (non-hydrogen) atoms. The van der Waals surface area contributed by atoms with E-state index in [4.69, 9.17) is 9.15 Å². The number of aldehydes is 1. The quantitative estimate of drug-likeness (QED) is 0.771. The lowest BCUT2D eigenvalue weighted by molar-refractivity contribution is 0.110. The van der Waals surface area contributed by atoms with E-state index in [1.54, 1.807) is 0 Å². The van der Waals surface area contributed by atoms with Gasteiger partial charge in [0.05, 0.1) is 12.7 Å². The van der Waals surface area contributed by atoms with E-state index in [0.29, 0.717) is 6.29 Å². The molecular formula is C12H8F2O3. The molecule has 1 heterocycles. The molecule has 0 aliphatic heterocycles. The number of hydrogen-bond acceptors (Lipinski definition) is 3. The third-order valence-corrected chi connectivity index (χ3v) is 2.26. The first kappa shape index (κ1) is 11.3. The minimum atomic E-state index is -0.862. The monoisotopic (exact) mass is 238 g/mol. The van der Waals surface area contributed by atoms with Crippen LogP contribution in [0.2, 0.25) is 0 Å². The molecule has 2 aromatic rings. The van der Waals surface area contributed by atoms with Crippen LogP contribution in [0.5, 0.6) is 5.75 Å². The van der Waals surface area contributed by atoms with E-state index in [9.17, 15) is 13.6 Å². The Bertz CT molecular complexity index is 561. The molecule has 0 spiro atoms. The summed E-state index contributed by atoms with van der Waals surface area (Å²) in [5.74, 6) is -1.79. The van der Waals surface area contributed by atoms with Gasteiger partial charge in [0.15, 0.2) is 23.6 Å². The lowest BCUT2D eigenvalue weighted by atomic mass is 10.1. The van der Waals surface area contributed by atoms with Crippen molar-refractivity contribution in [1.29, 1.82) is 0 Å². The number of carbonyl (C=O) groups excluding carboxylic acids is 1. The summed E-state index contributed by atoms with van der Waals surface area (Å²) >= 11 is 0. The molecule has 0 fully saturated rings. The average molecular weight is 238 g/mol. The zero-order valence-electron chi connectivity index (χ0n) is 8.87. The molecular weight excluding hydrogens is 230 g/mol. The van der Waals surface area contributed by atoms with Crippen molar-refractivity contribution in [3.8, 4) is 17.1 Å². The van der Waals surface area contributed by atoms with Crippen molar-refractivity contribution >= 4 is 6.29 Å². The molecule has 2 rings (SSSR count). The van der Waals surface area contributed by atoms with Crippen LogP contribution in [0.1, 0.15) is 10.6 Å². The predicted molar refractivity (Wildman–Crippen MR) is 56.0 cm³/mol. The smallest absolute Gasteiger partial charge is 0.185 e. The van der Waals surface area contributed by atoms with Gasteiger partial charge in [-0.15, -0.1) is 0 Å². The largest absolute Gasteiger partial charge is 0.494 e. The van der Waals surface area contributed by atoms with Crippen molar-refractivity contribution < 1.29 is 22.7 Å². The van der Waals surface area contributed by atoms with Crippen molar-refractivity contribution in [1.82, 2.24) is 0 Å². The lowest BCUT2D eigenvalue weighted by Gasteiger charge is -2.06. The topological polar surface area (TPSA) is 39.4 Å². The molecule has 0 unspecified atom stereocenters. The average Bonchev–Trinajstić information content (AvgIpc) is 2.78. The summed E-state index contributed by atoms with van der Waals surface area (Å²) in [5, 5.41) is 0. The number of methoxy groups -OCH3 is 1.